The molecule has 1 heterocycles. The van der Waals surface area contributed by atoms with Crippen LogP contribution in [0.2, 0.25) is 0 Å². The highest BCUT2D eigenvalue weighted by Crippen LogP contribution is 2.35. The standard InChI is InChI=1S/C20H23NO2/c1-13-7-5-6-8-16(13)14(2)20-17-12-19(23-4)18(22-3)11-15(17)9-10-21-20/h5-8,11-12,14H,9-10H2,1-4H3. The molecule has 1 atom stereocenters. The molecule has 120 valence electrons. The third-order valence-corrected chi connectivity index (χ3v) is 4.61. The SMILES string of the molecule is COc1cc2c(cc1OC)C(C(C)c1ccccc1C)=NCC2. The molecule has 0 aromatic heterocycles. The molecule has 1 aliphatic heterocycles. The Balaban J connectivity index is 2.07. The van der Waals surface area contributed by atoms with Gasteiger partial charge in [-0.15, -0.1) is 0 Å². The Kier molecular flexibility index (Phi) is 4.37. The average Bonchev–Trinajstić information content (AvgIpc) is 2.59. The third kappa shape index (κ3) is 2.83. The van der Waals surface area contributed by atoms with Gasteiger partial charge >= 0.3 is 0 Å². The summed E-state index contributed by atoms with van der Waals surface area (Å²) >= 11 is 0. The van der Waals surface area contributed by atoms with Crippen LogP contribution in [0.3, 0.4) is 0 Å². The van der Waals surface area contributed by atoms with Crippen molar-refractivity contribution in [2.45, 2.75) is 26.2 Å². The fourth-order valence-electron chi connectivity index (χ4n) is 3.34. The van der Waals surface area contributed by atoms with Gasteiger partial charge in [0.1, 0.15) is 0 Å². The monoisotopic (exact) mass is 309 g/mol. The summed E-state index contributed by atoms with van der Waals surface area (Å²) < 4.78 is 10.9. The Bertz CT molecular complexity index is 749. The maximum atomic E-state index is 5.48. The number of hydrogen-bond donors (Lipinski definition) is 0. The van der Waals surface area contributed by atoms with Gasteiger partial charge in [0.15, 0.2) is 11.5 Å². The first kappa shape index (κ1) is 15.6. The predicted molar refractivity (Wildman–Crippen MR) is 94.2 cm³/mol. The molecule has 0 fully saturated rings. The first-order valence-corrected chi connectivity index (χ1v) is 8.00. The zero-order valence-electron chi connectivity index (χ0n) is 14.2. The molecular weight excluding hydrogens is 286 g/mol. The second-order valence-corrected chi connectivity index (χ2v) is 5.96. The Morgan fingerprint density at radius 1 is 1.04 bits per heavy atom. The number of methoxy groups -OCH3 is 2. The van der Waals surface area contributed by atoms with Gasteiger partial charge in [0.2, 0.25) is 0 Å². The second kappa shape index (κ2) is 6.45. The van der Waals surface area contributed by atoms with Crippen molar-refractivity contribution in [2.75, 3.05) is 20.8 Å². The van der Waals surface area contributed by atoms with Gasteiger partial charge < -0.3 is 9.47 Å². The van der Waals surface area contributed by atoms with Crippen LogP contribution in [0.1, 0.15) is 35.1 Å². The summed E-state index contributed by atoms with van der Waals surface area (Å²) in [6, 6.07) is 12.7. The lowest BCUT2D eigenvalue weighted by Crippen LogP contribution is -2.19. The molecule has 2 aromatic rings. The van der Waals surface area contributed by atoms with E-state index in [1.807, 2.05) is 0 Å². The summed E-state index contributed by atoms with van der Waals surface area (Å²) in [5.74, 6) is 1.81. The number of fused-ring (bicyclic) bond motifs is 1. The van der Waals surface area contributed by atoms with Crippen LogP contribution in [-0.4, -0.2) is 26.5 Å². The fraction of sp³-hybridized carbons (Fsp3) is 0.350. The van der Waals surface area contributed by atoms with Gasteiger partial charge in [-0.3, -0.25) is 4.99 Å². The highest BCUT2D eigenvalue weighted by Gasteiger charge is 2.23. The Morgan fingerprint density at radius 2 is 1.74 bits per heavy atom. The van der Waals surface area contributed by atoms with Crippen molar-refractivity contribution in [3.05, 3.63) is 58.7 Å². The van der Waals surface area contributed by atoms with Crippen LogP contribution in [0.4, 0.5) is 0 Å². The van der Waals surface area contributed by atoms with Gasteiger partial charge in [0.05, 0.1) is 14.2 Å². The number of benzene rings is 2. The Hall–Kier alpha value is -2.29. The zero-order chi connectivity index (χ0) is 16.4. The summed E-state index contributed by atoms with van der Waals surface area (Å²) in [7, 11) is 3.35. The number of aryl methyl sites for hydroxylation is 1. The maximum absolute atomic E-state index is 5.48. The summed E-state index contributed by atoms with van der Waals surface area (Å²) in [6.07, 6.45) is 0.944. The number of hydrogen-bond acceptors (Lipinski definition) is 3. The van der Waals surface area contributed by atoms with Gasteiger partial charge in [0.25, 0.3) is 0 Å². The smallest absolute Gasteiger partial charge is 0.161 e. The predicted octanol–water partition coefficient (Wildman–Crippen LogP) is 4.16. The van der Waals surface area contributed by atoms with E-state index < -0.39 is 0 Å². The number of aliphatic imine (C=N–C) groups is 1. The minimum atomic E-state index is 0.258. The maximum Gasteiger partial charge on any atom is 0.161 e. The van der Waals surface area contributed by atoms with E-state index in [1.165, 1.54) is 22.3 Å². The van der Waals surface area contributed by atoms with Crippen LogP contribution < -0.4 is 9.47 Å². The number of nitrogens with zero attached hydrogens (tertiary/aromatic N) is 1. The highest BCUT2D eigenvalue weighted by atomic mass is 16.5. The van der Waals surface area contributed by atoms with Crippen molar-refractivity contribution in [1.82, 2.24) is 0 Å². The molecule has 0 N–H and O–H groups in total. The third-order valence-electron chi connectivity index (χ3n) is 4.61. The van der Waals surface area contributed by atoms with E-state index in [-0.39, 0.29) is 5.92 Å². The summed E-state index contributed by atoms with van der Waals surface area (Å²) in [5.41, 5.74) is 6.24. The molecule has 0 amide bonds. The van der Waals surface area contributed by atoms with E-state index in [0.29, 0.717) is 0 Å². The Labute approximate surface area is 138 Å². The normalized spacial score (nSPS) is 14.7. The van der Waals surface area contributed by atoms with Crippen molar-refractivity contribution in [3.8, 4) is 11.5 Å². The van der Waals surface area contributed by atoms with Crippen molar-refractivity contribution in [3.63, 3.8) is 0 Å². The van der Waals surface area contributed by atoms with E-state index in [4.69, 9.17) is 14.5 Å². The van der Waals surface area contributed by atoms with Gasteiger partial charge in [-0.05, 0) is 42.2 Å². The number of rotatable bonds is 4. The van der Waals surface area contributed by atoms with Crippen LogP contribution in [0, 0.1) is 6.92 Å². The van der Waals surface area contributed by atoms with E-state index in [9.17, 15) is 0 Å². The fourth-order valence-corrected chi connectivity index (χ4v) is 3.34. The van der Waals surface area contributed by atoms with Crippen molar-refractivity contribution >= 4 is 5.71 Å². The molecule has 1 unspecified atom stereocenters. The van der Waals surface area contributed by atoms with Crippen LogP contribution in [-0.2, 0) is 6.42 Å². The van der Waals surface area contributed by atoms with E-state index in [0.717, 1.165) is 30.2 Å². The van der Waals surface area contributed by atoms with Crippen molar-refractivity contribution in [1.29, 1.82) is 0 Å². The quantitative estimate of drug-likeness (QED) is 0.849. The molecule has 0 saturated heterocycles. The average molecular weight is 309 g/mol. The van der Waals surface area contributed by atoms with Gasteiger partial charge in [0, 0.05) is 23.7 Å². The minimum absolute atomic E-state index is 0.258. The van der Waals surface area contributed by atoms with E-state index >= 15 is 0 Å². The van der Waals surface area contributed by atoms with Crippen molar-refractivity contribution < 1.29 is 9.47 Å². The molecule has 3 heteroatoms. The lowest BCUT2D eigenvalue weighted by atomic mass is 9.85. The molecule has 0 saturated carbocycles. The molecule has 0 aliphatic carbocycles. The van der Waals surface area contributed by atoms with Crippen LogP contribution >= 0.6 is 0 Å². The molecule has 23 heavy (non-hydrogen) atoms. The second-order valence-electron chi connectivity index (χ2n) is 5.96. The molecule has 2 aromatic carbocycles. The summed E-state index contributed by atoms with van der Waals surface area (Å²) in [5, 5.41) is 0. The Morgan fingerprint density at radius 3 is 2.43 bits per heavy atom. The topological polar surface area (TPSA) is 30.8 Å². The summed E-state index contributed by atoms with van der Waals surface area (Å²) in [4.78, 5) is 4.84. The lowest BCUT2D eigenvalue weighted by Gasteiger charge is -2.24. The largest absolute Gasteiger partial charge is 0.493 e. The molecule has 3 nitrogen and oxygen atoms in total. The summed E-state index contributed by atoms with van der Waals surface area (Å²) in [6.45, 7) is 5.21. The van der Waals surface area contributed by atoms with Gasteiger partial charge in [-0.1, -0.05) is 31.2 Å². The van der Waals surface area contributed by atoms with Crippen LogP contribution in [0.15, 0.2) is 41.4 Å². The van der Waals surface area contributed by atoms with Gasteiger partial charge in [-0.25, -0.2) is 0 Å². The molecular formula is C20H23NO2. The van der Waals surface area contributed by atoms with Gasteiger partial charge in [-0.2, -0.15) is 0 Å². The van der Waals surface area contributed by atoms with E-state index in [2.05, 4.69) is 50.2 Å². The molecule has 0 bridgehead atoms. The number of ether oxygens (including phenoxy) is 2. The minimum Gasteiger partial charge on any atom is -0.493 e. The first-order chi connectivity index (χ1) is 11.2. The molecule has 0 spiro atoms. The zero-order valence-corrected chi connectivity index (χ0v) is 14.2. The molecule has 1 aliphatic rings. The van der Waals surface area contributed by atoms with Crippen LogP contribution in [0.5, 0.6) is 11.5 Å². The van der Waals surface area contributed by atoms with E-state index in [1.54, 1.807) is 14.2 Å². The van der Waals surface area contributed by atoms with Crippen molar-refractivity contribution in [2.24, 2.45) is 4.99 Å². The molecule has 3 rings (SSSR count). The van der Waals surface area contributed by atoms with Crippen LogP contribution in [0.25, 0.3) is 0 Å². The highest BCUT2D eigenvalue weighted by molar-refractivity contribution is 6.07. The molecule has 0 radical (unpaired) electrons. The first-order valence-electron chi connectivity index (χ1n) is 8.00. The lowest BCUT2D eigenvalue weighted by molar-refractivity contribution is 0.354.